The zero-order chi connectivity index (χ0) is 60.7. The van der Waals surface area contributed by atoms with Crippen molar-refractivity contribution in [3.05, 3.63) is 230 Å². The van der Waals surface area contributed by atoms with Crippen LogP contribution in [0.3, 0.4) is 0 Å². The second-order valence-corrected chi connectivity index (χ2v) is 21.5. The summed E-state index contributed by atoms with van der Waals surface area (Å²) in [7, 11) is 4.93. The summed E-state index contributed by atoms with van der Waals surface area (Å²) in [4.78, 5) is 59.6. The van der Waals surface area contributed by atoms with E-state index in [2.05, 4.69) is 47.4 Å². The van der Waals surface area contributed by atoms with Crippen LogP contribution in [0.15, 0.2) is 180 Å². The van der Waals surface area contributed by atoms with Crippen molar-refractivity contribution in [2.45, 2.75) is 82.0 Å². The number of hydrogen-bond donors (Lipinski definition) is 6. The minimum atomic E-state index is -0.971. The first-order valence-corrected chi connectivity index (χ1v) is 28.7. The molecule has 5 atom stereocenters. The Bertz CT molecular complexity index is 3970. The molecule has 9 N–H and O–H groups in total. The molecular formula is C66H71N11O11. The van der Waals surface area contributed by atoms with Crippen LogP contribution >= 0.6 is 0 Å². The van der Waals surface area contributed by atoms with Crippen molar-refractivity contribution in [1.82, 2.24) is 45.2 Å². The lowest BCUT2D eigenvalue weighted by atomic mass is 9.79. The van der Waals surface area contributed by atoms with Crippen LogP contribution in [0.5, 0.6) is 17.2 Å². The van der Waals surface area contributed by atoms with Crippen LogP contribution in [0, 0.1) is 5.92 Å². The number of ether oxygens (including phenoxy) is 7. The van der Waals surface area contributed by atoms with Crippen molar-refractivity contribution in [2.24, 2.45) is 5.92 Å². The standard InChI is InChI=1S/C35H37N5O6.C31H31N5O5.H3N/c1-22(2)32(41)38-34-37-31-30(33(42)39-34)36-21-40(31)29-19-18-28(46-29)20-45-35(23-8-6-5-7-9-23,24-10-14-26(43-3)15-11-24)25-12-16-27(44-4)17-13-25;1-39-24-13-11-23(12-14-24)31(21-5-3-2-4-6-21,22-9-7-20(17-37)8-10-22)40-18-25-15-16-26(41-25)36-19-33-27-28(36)34-30(32)35-29(27)38;/h5-17,21-22,28-29H,18-20H2,1-4H3,(H2,37,38,39,41,42);2-14,19,25-26,37H,15-18H2,1H3,(H3,32,34,35,38);1H3/t28-,29+;25-,26+,31?;/m00./s1. The number of aromatic amines is 2. The normalized spacial score (nSPS) is 17.2. The number of aromatic nitrogens is 8. The minimum Gasteiger partial charge on any atom is -0.497 e. The zero-order valence-corrected chi connectivity index (χ0v) is 49.5. The molecule has 0 spiro atoms. The third-order valence-corrected chi connectivity index (χ3v) is 15.8. The summed E-state index contributed by atoms with van der Waals surface area (Å²) < 4.78 is 46.8. The molecule has 0 saturated carbocycles. The highest BCUT2D eigenvalue weighted by Gasteiger charge is 2.42. The Morgan fingerprint density at radius 1 is 0.591 bits per heavy atom. The van der Waals surface area contributed by atoms with E-state index in [1.807, 2.05) is 146 Å². The molecule has 0 radical (unpaired) electrons. The Hall–Kier alpha value is -9.55. The number of aliphatic hydroxyl groups excluding tert-OH is 1. The molecule has 6 heterocycles. The van der Waals surface area contributed by atoms with Gasteiger partial charge in [0, 0.05) is 5.92 Å². The number of amides is 1. The van der Waals surface area contributed by atoms with E-state index < -0.39 is 23.0 Å². The van der Waals surface area contributed by atoms with Gasteiger partial charge in [-0.2, -0.15) is 9.97 Å². The van der Waals surface area contributed by atoms with Crippen molar-refractivity contribution < 1.29 is 43.1 Å². The van der Waals surface area contributed by atoms with E-state index in [0.717, 1.165) is 62.6 Å². The molecule has 0 bridgehead atoms. The number of carbonyl (C=O) groups is 1. The first-order chi connectivity index (χ1) is 42.3. The lowest BCUT2D eigenvalue weighted by molar-refractivity contribution is -0.118. The maximum Gasteiger partial charge on any atom is 0.280 e. The highest BCUT2D eigenvalue weighted by Crippen LogP contribution is 2.45. The van der Waals surface area contributed by atoms with Crippen molar-refractivity contribution in [1.29, 1.82) is 0 Å². The van der Waals surface area contributed by atoms with Crippen LogP contribution in [0.25, 0.3) is 22.3 Å². The van der Waals surface area contributed by atoms with E-state index in [1.54, 1.807) is 57.0 Å². The van der Waals surface area contributed by atoms with Crippen LogP contribution in [0.2, 0.25) is 0 Å². The van der Waals surface area contributed by atoms with Crippen molar-refractivity contribution in [3.8, 4) is 17.2 Å². The van der Waals surface area contributed by atoms with Crippen molar-refractivity contribution in [2.75, 3.05) is 45.6 Å². The topological polar surface area (TPSA) is 302 Å². The fourth-order valence-electron chi connectivity index (χ4n) is 11.2. The molecule has 2 saturated heterocycles. The average Bonchev–Trinajstić information content (AvgIpc) is 1.34. The van der Waals surface area contributed by atoms with Gasteiger partial charge in [-0.25, -0.2) is 9.97 Å². The predicted octanol–water partition coefficient (Wildman–Crippen LogP) is 9.47. The number of carbonyl (C=O) groups excluding carboxylic acids is 1. The molecule has 0 aliphatic carbocycles. The van der Waals surface area contributed by atoms with Gasteiger partial charge in [-0.15, -0.1) is 0 Å². The molecule has 22 heteroatoms. The maximum absolute atomic E-state index is 12.7. The number of aliphatic hydroxyl groups is 1. The lowest BCUT2D eigenvalue weighted by Crippen LogP contribution is -2.35. The maximum atomic E-state index is 12.7. The van der Waals surface area contributed by atoms with E-state index in [0.29, 0.717) is 37.2 Å². The fraction of sp³-hybridized carbons (Fsp3) is 0.288. The summed E-state index contributed by atoms with van der Waals surface area (Å²) in [6.07, 6.45) is 4.64. The molecule has 6 aromatic carbocycles. The summed E-state index contributed by atoms with van der Waals surface area (Å²) in [6.45, 7) is 4.05. The van der Waals surface area contributed by atoms with Gasteiger partial charge in [-0.3, -0.25) is 38.8 Å². The molecule has 10 aromatic rings. The number of hydrogen-bond acceptors (Lipinski definition) is 17. The third-order valence-electron chi connectivity index (χ3n) is 15.8. The molecule has 2 aliphatic rings. The highest BCUT2D eigenvalue weighted by molar-refractivity contribution is 5.91. The molecule has 1 unspecified atom stereocenters. The molecule has 2 aliphatic heterocycles. The number of nitrogens with zero attached hydrogens (tertiary/aromatic N) is 6. The smallest absolute Gasteiger partial charge is 0.280 e. The number of H-pyrrole nitrogens is 2. The summed E-state index contributed by atoms with van der Waals surface area (Å²) in [5.74, 6) is 1.81. The predicted molar refractivity (Wildman–Crippen MR) is 331 cm³/mol. The van der Waals surface area contributed by atoms with Gasteiger partial charge in [-0.1, -0.05) is 135 Å². The second-order valence-electron chi connectivity index (χ2n) is 21.5. The number of rotatable bonds is 20. The number of anilines is 2. The molecule has 2 fully saturated rings. The summed E-state index contributed by atoms with van der Waals surface area (Å²) in [6, 6.07) is 51.6. The monoisotopic (exact) mass is 1190 g/mol. The van der Waals surface area contributed by atoms with Gasteiger partial charge < -0.3 is 50.1 Å². The molecular weight excluding hydrogens is 1120 g/mol. The quantitative estimate of drug-likeness (QED) is 0.0387. The van der Waals surface area contributed by atoms with Crippen LogP contribution in [0.4, 0.5) is 11.9 Å². The highest BCUT2D eigenvalue weighted by atomic mass is 16.6. The van der Waals surface area contributed by atoms with E-state index >= 15 is 0 Å². The summed E-state index contributed by atoms with van der Waals surface area (Å²) >= 11 is 0. The Balaban J connectivity index is 0.000000193. The van der Waals surface area contributed by atoms with Crippen LogP contribution in [0.1, 0.15) is 90.9 Å². The van der Waals surface area contributed by atoms with Gasteiger partial charge in [-0.05, 0) is 101 Å². The van der Waals surface area contributed by atoms with Crippen LogP contribution < -0.4 is 42.5 Å². The molecule has 4 aromatic heterocycles. The van der Waals surface area contributed by atoms with Crippen molar-refractivity contribution in [3.63, 3.8) is 0 Å². The van der Waals surface area contributed by atoms with Gasteiger partial charge >= 0.3 is 0 Å². The Morgan fingerprint density at radius 3 is 1.38 bits per heavy atom. The van der Waals surface area contributed by atoms with Gasteiger partial charge in [0.25, 0.3) is 11.1 Å². The van der Waals surface area contributed by atoms with E-state index in [1.165, 1.54) is 0 Å². The average molecular weight is 1190 g/mol. The van der Waals surface area contributed by atoms with Gasteiger partial charge in [0.05, 0.1) is 66.0 Å². The fourth-order valence-corrected chi connectivity index (χ4v) is 11.2. The molecule has 1 amide bonds. The Labute approximate surface area is 507 Å². The Kier molecular flexibility index (Phi) is 18.9. The van der Waals surface area contributed by atoms with Gasteiger partial charge in [0.2, 0.25) is 17.8 Å². The molecule has 12 rings (SSSR count). The molecule has 456 valence electrons. The minimum absolute atomic E-state index is 0. The first kappa shape index (κ1) is 61.5. The summed E-state index contributed by atoms with van der Waals surface area (Å²) in [5, 5.41) is 12.3. The van der Waals surface area contributed by atoms with E-state index in [4.69, 9.17) is 38.9 Å². The zero-order valence-electron chi connectivity index (χ0n) is 49.5. The second kappa shape index (κ2) is 27.0. The number of nitrogen functional groups attached to an aromatic ring is 1. The molecule has 88 heavy (non-hydrogen) atoms. The van der Waals surface area contributed by atoms with Crippen molar-refractivity contribution >= 4 is 40.1 Å². The first-order valence-electron chi connectivity index (χ1n) is 28.7. The van der Waals surface area contributed by atoms with Gasteiger partial charge in [0.1, 0.15) is 40.9 Å². The number of nitrogens with two attached hydrogens (primary N) is 1. The lowest BCUT2D eigenvalue weighted by Gasteiger charge is -2.37. The number of methoxy groups -OCH3 is 3. The summed E-state index contributed by atoms with van der Waals surface area (Å²) in [5.41, 5.74) is 10.6. The number of imidazole rings is 2. The number of fused-ring (bicyclic) bond motifs is 2. The van der Waals surface area contributed by atoms with E-state index in [-0.39, 0.29) is 78.1 Å². The molecule has 22 nitrogen and oxygen atoms in total. The van der Waals surface area contributed by atoms with Gasteiger partial charge in [0.15, 0.2) is 22.3 Å². The Morgan fingerprint density at radius 2 is 0.977 bits per heavy atom. The SMILES string of the molecule is COc1ccc(C(OC[C@@H]2CC[C@H](n3cnc4c(=O)[nH]c(N)nc43)O2)(c2ccccc2)c2ccc(CO)cc2)cc1.COc1ccc(C(OC[C@@H]2CC[C@H](n3cnc4c(=O)[nH]c(NC(=O)C(C)C)nc43)O2)(c2ccccc2)c2ccc(OC)cc2)cc1.N. The van der Waals surface area contributed by atoms with Crippen LogP contribution in [-0.4, -0.2) is 96.8 Å². The van der Waals surface area contributed by atoms with E-state index in [9.17, 15) is 19.5 Å². The largest absolute Gasteiger partial charge is 0.497 e. The van der Waals surface area contributed by atoms with Crippen LogP contribution in [-0.2, 0) is 41.6 Å². The third kappa shape index (κ3) is 12.5. The number of nitrogens with one attached hydrogen (secondary N) is 3. The number of benzene rings is 6.